The minimum atomic E-state index is -0.109. The van der Waals surface area contributed by atoms with Crippen LogP contribution in [0.4, 0.5) is 0 Å². The molecule has 70 valence electrons. The molecule has 13 heavy (non-hydrogen) atoms. The zero-order chi connectivity index (χ0) is 9.52. The van der Waals surface area contributed by atoms with E-state index in [-0.39, 0.29) is 5.44 Å². The Kier molecular flexibility index (Phi) is 4.78. The first-order chi connectivity index (χ1) is 6.33. The third-order valence-electron chi connectivity index (χ3n) is 1.27. The first-order valence-electron chi connectivity index (χ1n) is 3.80. The Morgan fingerprint density at radius 2 is 2.08 bits per heavy atom. The van der Waals surface area contributed by atoms with Crippen LogP contribution >= 0.6 is 21.6 Å². The van der Waals surface area contributed by atoms with Gasteiger partial charge in [-0.2, -0.15) is 0 Å². The molecule has 0 bridgehead atoms. The van der Waals surface area contributed by atoms with Gasteiger partial charge < -0.3 is 4.74 Å². The number of hydrogen-bond acceptors (Lipinski definition) is 4. The van der Waals surface area contributed by atoms with Crippen molar-refractivity contribution >= 4 is 28.1 Å². The minimum absolute atomic E-state index is 0.109. The third-order valence-corrected chi connectivity index (χ3v) is 3.89. The molecule has 2 nitrogen and oxygen atoms in total. The normalized spacial score (nSPS) is 12.1. The molecule has 1 aromatic carbocycles. The largest absolute Gasteiger partial charge is 0.453 e. The van der Waals surface area contributed by atoms with Gasteiger partial charge in [-0.05, 0) is 29.9 Å². The fourth-order valence-corrected chi connectivity index (χ4v) is 2.52. The van der Waals surface area contributed by atoms with Crippen LogP contribution in [0.3, 0.4) is 0 Å². The highest BCUT2D eigenvalue weighted by molar-refractivity contribution is 8.76. The van der Waals surface area contributed by atoms with Gasteiger partial charge in [-0.3, -0.25) is 4.79 Å². The molecule has 1 atom stereocenters. The summed E-state index contributed by atoms with van der Waals surface area (Å²) < 4.78 is 4.73. The lowest BCUT2D eigenvalue weighted by Crippen LogP contribution is -1.98. The van der Waals surface area contributed by atoms with E-state index in [4.69, 9.17) is 4.74 Å². The van der Waals surface area contributed by atoms with Gasteiger partial charge in [0.2, 0.25) is 0 Å². The maximum Gasteiger partial charge on any atom is 0.294 e. The van der Waals surface area contributed by atoms with Crippen LogP contribution in [0.15, 0.2) is 35.2 Å². The first kappa shape index (κ1) is 10.5. The molecule has 1 unspecified atom stereocenters. The van der Waals surface area contributed by atoms with Gasteiger partial charge in [0, 0.05) is 4.90 Å². The van der Waals surface area contributed by atoms with Gasteiger partial charge >= 0.3 is 0 Å². The number of benzene rings is 1. The number of rotatable bonds is 5. The maximum absolute atomic E-state index is 9.98. The fraction of sp³-hybridized carbons (Fsp3) is 0.222. The van der Waals surface area contributed by atoms with Crippen LogP contribution in [-0.2, 0) is 9.53 Å². The molecule has 0 aliphatic carbocycles. The van der Waals surface area contributed by atoms with E-state index < -0.39 is 0 Å². The Labute approximate surface area is 85.4 Å². The van der Waals surface area contributed by atoms with Crippen LogP contribution in [-0.4, -0.2) is 11.9 Å². The summed E-state index contributed by atoms with van der Waals surface area (Å²) in [7, 11) is 3.12. The van der Waals surface area contributed by atoms with Crippen LogP contribution in [0.1, 0.15) is 6.92 Å². The van der Waals surface area contributed by atoms with Gasteiger partial charge in [0.1, 0.15) is 0 Å². The highest BCUT2D eigenvalue weighted by atomic mass is 33.1. The molecule has 0 aliphatic rings. The van der Waals surface area contributed by atoms with E-state index in [1.807, 2.05) is 37.3 Å². The summed E-state index contributed by atoms with van der Waals surface area (Å²) in [4.78, 5) is 11.1. The Morgan fingerprint density at radius 1 is 1.38 bits per heavy atom. The second-order valence-corrected chi connectivity index (χ2v) is 4.86. The van der Waals surface area contributed by atoms with Crippen molar-refractivity contribution in [1.29, 1.82) is 0 Å². The summed E-state index contributed by atoms with van der Waals surface area (Å²) >= 11 is 0. The second kappa shape index (κ2) is 5.94. The highest BCUT2D eigenvalue weighted by Crippen LogP contribution is 2.34. The van der Waals surface area contributed by atoms with Gasteiger partial charge in [0.15, 0.2) is 5.44 Å². The Bertz CT molecular complexity index is 251. The number of ether oxygens (including phenoxy) is 1. The molecule has 1 aromatic rings. The van der Waals surface area contributed by atoms with E-state index in [0.717, 1.165) is 4.90 Å². The summed E-state index contributed by atoms with van der Waals surface area (Å²) in [5, 5.41) is 0. The van der Waals surface area contributed by atoms with E-state index in [1.165, 1.54) is 10.8 Å². The quantitative estimate of drug-likeness (QED) is 0.427. The molecule has 0 fully saturated rings. The maximum atomic E-state index is 9.98. The molecule has 1 rings (SSSR count). The van der Waals surface area contributed by atoms with Gasteiger partial charge in [-0.1, -0.05) is 29.0 Å². The molecule has 0 saturated heterocycles. The number of carbonyl (C=O) groups is 1. The molecular formula is C9H10O2S2. The molecule has 4 heteroatoms. The average molecular weight is 214 g/mol. The predicted octanol–water partition coefficient (Wildman–Crippen LogP) is 2.95. The van der Waals surface area contributed by atoms with Crippen molar-refractivity contribution in [3.8, 4) is 0 Å². The third kappa shape index (κ3) is 4.24. The summed E-state index contributed by atoms with van der Waals surface area (Å²) in [6.07, 6.45) is 0. The van der Waals surface area contributed by atoms with Crippen LogP contribution in [0.2, 0.25) is 0 Å². The zero-order valence-corrected chi connectivity index (χ0v) is 8.81. The van der Waals surface area contributed by atoms with Crippen molar-refractivity contribution in [2.75, 3.05) is 0 Å². The number of hydrogen-bond donors (Lipinski definition) is 0. The summed E-state index contributed by atoms with van der Waals surface area (Å²) in [6.45, 7) is 2.32. The topological polar surface area (TPSA) is 26.3 Å². The van der Waals surface area contributed by atoms with Crippen molar-refractivity contribution in [2.24, 2.45) is 0 Å². The number of carbonyl (C=O) groups excluding carboxylic acids is 1. The van der Waals surface area contributed by atoms with Crippen molar-refractivity contribution < 1.29 is 9.53 Å². The van der Waals surface area contributed by atoms with E-state index in [0.29, 0.717) is 6.47 Å². The molecule has 0 N–H and O–H groups in total. The van der Waals surface area contributed by atoms with E-state index in [1.54, 1.807) is 10.8 Å². The van der Waals surface area contributed by atoms with E-state index in [9.17, 15) is 4.79 Å². The molecule has 0 amide bonds. The minimum Gasteiger partial charge on any atom is -0.453 e. The molecule has 0 aliphatic heterocycles. The summed E-state index contributed by atoms with van der Waals surface area (Å²) in [5.74, 6) is 0. The van der Waals surface area contributed by atoms with Gasteiger partial charge in [-0.25, -0.2) is 0 Å². The van der Waals surface area contributed by atoms with E-state index >= 15 is 0 Å². The van der Waals surface area contributed by atoms with Crippen molar-refractivity contribution in [1.82, 2.24) is 0 Å². The zero-order valence-electron chi connectivity index (χ0n) is 7.17. The SMILES string of the molecule is CC(OC=O)SSc1ccccc1. The average Bonchev–Trinajstić information content (AvgIpc) is 2.17. The van der Waals surface area contributed by atoms with Gasteiger partial charge in [-0.15, -0.1) is 0 Å². The van der Waals surface area contributed by atoms with Crippen LogP contribution < -0.4 is 0 Å². The van der Waals surface area contributed by atoms with Crippen molar-refractivity contribution in [3.63, 3.8) is 0 Å². The molecule has 0 spiro atoms. The Morgan fingerprint density at radius 3 is 2.69 bits per heavy atom. The summed E-state index contributed by atoms with van der Waals surface area (Å²) in [6, 6.07) is 9.97. The van der Waals surface area contributed by atoms with Crippen LogP contribution in [0.25, 0.3) is 0 Å². The van der Waals surface area contributed by atoms with Gasteiger partial charge in [0.05, 0.1) is 0 Å². The highest BCUT2D eigenvalue weighted by Gasteiger charge is 2.02. The first-order valence-corrected chi connectivity index (χ1v) is 6.01. The molecular weight excluding hydrogens is 204 g/mol. The predicted molar refractivity (Wildman–Crippen MR) is 56.5 cm³/mol. The van der Waals surface area contributed by atoms with E-state index in [2.05, 4.69) is 0 Å². The lowest BCUT2D eigenvalue weighted by Gasteiger charge is -2.06. The molecule has 0 heterocycles. The van der Waals surface area contributed by atoms with Crippen LogP contribution in [0.5, 0.6) is 0 Å². The van der Waals surface area contributed by atoms with Gasteiger partial charge in [0.25, 0.3) is 6.47 Å². The second-order valence-electron chi connectivity index (χ2n) is 2.29. The summed E-state index contributed by atoms with van der Waals surface area (Å²) in [5.41, 5.74) is -0.109. The molecule has 0 saturated carbocycles. The smallest absolute Gasteiger partial charge is 0.294 e. The standard InChI is InChI=1S/C9H10O2S2/c1-8(11-7-10)12-13-9-5-3-2-4-6-9/h2-8H,1H3. The monoisotopic (exact) mass is 214 g/mol. The lowest BCUT2D eigenvalue weighted by molar-refractivity contribution is -0.129. The molecule has 0 aromatic heterocycles. The Balaban J connectivity index is 2.30. The van der Waals surface area contributed by atoms with Crippen LogP contribution in [0, 0.1) is 0 Å². The molecule has 0 radical (unpaired) electrons. The van der Waals surface area contributed by atoms with Crippen molar-refractivity contribution in [3.05, 3.63) is 30.3 Å². The Hall–Kier alpha value is -0.610. The lowest BCUT2D eigenvalue weighted by atomic mass is 10.4. The van der Waals surface area contributed by atoms with Crippen molar-refractivity contribution in [2.45, 2.75) is 17.3 Å². The fourth-order valence-electron chi connectivity index (χ4n) is 0.700.